The number of aliphatic imine (C=N–C) groups is 2. The van der Waals surface area contributed by atoms with Crippen LogP contribution >= 0.6 is 118 Å². The molecule has 0 radical (unpaired) electrons. The molecule has 0 saturated carbocycles. The fraction of sp³-hybridized carbons (Fsp3) is 0.833. The van der Waals surface area contributed by atoms with Crippen LogP contribution in [0.5, 0.6) is 0 Å². The van der Waals surface area contributed by atoms with E-state index in [2.05, 4.69) is 32.0 Å². The topological polar surface area (TPSA) is 116 Å². The molecule has 0 aromatic rings. The minimum absolute atomic E-state index is 0.0303. The lowest BCUT2D eigenvalue weighted by atomic mass is 10.8. The first kappa shape index (κ1) is 39.3. The molecule has 8 nitrogen and oxygen atoms in total. The highest BCUT2D eigenvalue weighted by atomic mass is 32.3. The molecule has 218 valence electrons. The zero-order chi connectivity index (χ0) is 27.1. The fourth-order valence-electron chi connectivity index (χ4n) is 1.49. The van der Waals surface area contributed by atoms with E-state index >= 15 is 0 Å². The smallest absolute Gasteiger partial charge is 0.280 e. The van der Waals surface area contributed by atoms with Crippen LogP contribution in [0.1, 0.15) is 6.92 Å². The summed E-state index contributed by atoms with van der Waals surface area (Å²) in [7, 11) is 0. The van der Waals surface area contributed by atoms with Crippen LogP contribution in [0, 0.1) is 0 Å². The third kappa shape index (κ3) is 34.4. The van der Waals surface area contributed by atoms with E-state index in [0.717, 1.165) is 41.3 Å². The molecule has 1 atom stereocenters. The highest BCUT2D eigenvalue weighted by Gasteiger charge is 2.04. The summed E-state index contributed by atoms with van der Waals surface area (Å²) in [6.45, 7) is 2.14. The van der Waals surface area contributed by atoms with Crippen molar-refractivity contribution in [1.29, 1.82) is 0 Å². The van der Waals surface area contributed by atoms with Crippen LogP contribution in [0.25, 0.3) is 0 Å². The van der Waals surface area contributed by atoms with E-state index in [1.54, 1.807) is 64.4 Å². The maximum absolute atomic E-state index is 11.9. The number of thioether (sulfide) groups is 10. The molecule has 2 N–H and O–H groups in total. The van der Waals surface area contributed by atoms with Crippen molar-refractivity contribution >= 4 is 146 Å². The summed E-state index contributed by atoms with van der Waals surface area (Å²) in [6, 6.07) is 0. The quantitative estimate of drug-likeness (QED) is 0.0178. The van der Waals surface area contributed by atoms with Gasteiger partial charge in [0.25, 0.3) is 5.24 Å². The van der Waals surface area contributed by atoms with Gasteiger partial charge < -0.3 is 19.9 Å². The molecule has 0 bridgehead atoms. The first-order valence-corrected chi connectivity index (χ1v) is 23.3. The van der Waals surface area contributed by atoms with Gasteiger partial charge in [0.15, 0.2) is 5.08 Å². The van der Waals surface area contributed by atoms with E-state index in [9.17, 15) is 9.35 Å². The number of aliphatic hydroxyl groups is 1. The second kappa shape index (κ2) is 34.5. The highest BCUT2D eigenvalue weighted by molar-refractivity contribution is 8.30. The van der Waals surface area contributed by atoms with E-state index in [0.29, 0.717) is 22.7 Å². The number of aliphatic hydroxyl groups excluding tert-OH is 1. The molecular weight excluding hydrogens is 691 g/mol. The SMILES string of the molecule is CCSC/N=C/[S+]([O-])CSCSCSCSCSC(=O)NCSCSCSCSC/N=C/OOCCO. The molecule has 0 spiro atoms. The van der Waals surface area contributed by atoms with Crippen molar-refractivity contribution in [3.8, 4) is 0 Å². The Morgan fingerprint density at radius 2 is 1.51 bits per heavy atom. The molecule has 1 unspecified atom stereocenters. The van der Waals surface area contributed by atoms with Crippen molar-refractivity contribution in [2.75, 3.05) is 77.3 Å². The fourth-order valence-corrected chi connectivity index (χ4v) is 13.3. The molecule has 0 aliphatic heterocycles. The Hall–Kier alpha value is 2.34. The highest BCUT2D eigenvalue weighted by Crippen LogP contribution is 2.24. The van der Waals surface area contributed by atoms with Crippen molar-refractivity contribution in [3.05, 3.63) is 0 Å². The third-order valence-corrected chi connectivity index (χ3v) is 15.8. The van der Waals surface area contributed by atoms with E-state index in [1.165, 1.54) is 18.2 Å². The average Bonchev–Trinajstić information content (AvgIpc) is 2.90. The minimum Gasteiger partial charge on any atom is -0.610 e. The van der Waals surface area contributed by atoms with Gasteiger partial charge >= 0.3 is 0 Å². The summed E-state index contributed by atoms with van der Waals surface area (Å²) >= 11 is 16.3. The van der Waals surface area contributed by atoms with Crippen LogP contribution in [0.15, 0.2) is 9.98 Å². The molecule has 0 aromatic heterocycles. The zero-order valence-corrected chi connectivity index (χ0v) is 29.5. The lowest BCUT2D eigenvalue weighted by molar-refractivity contribution is -0.221. The number of nitrogens with one attached hydrogen (secondary N) is 1. The lowest BCUT2D eigenvalue weighted by Crippen LogP contribution is -2.17. The standard InChI is InChI=1S/C18H35N3O5S11/c1-2-27-7-20-9-37(24)17-35-15-33-13-32-14-34-16-36-18(23)21-8-29-11-31-12-30-10-28-6-19-5-26-25-4-3-22/h5,9,22H,2-4,6-8,10-17H2,1H3,(H,21,23)/b19-5+,20-9+. The van der Waals surface area contributed by atoms with Crippen LogP contribution in [0.4, 0.5) is 4.79 Å². The predicted molar refractivity (Wildman–Crippen MR) is 188 cm³/mol. The summed E-state index contributed by atoms with van der Waals surface area (Å²) in [5.41, 5.74) is 1.57. The van der Waals surface area contributed by atoms with E-state index in [4.69, 9.17) is 5.11 Å². The number of carbonyl (C=O) groups is 1. The van der Waals surface area contributed by atoms with Crippen molar-refractivity contribution in [2.45, 2.75) is 6.92 Å². The first-order valence-electron chi connectivity index (χ1n) is 10.6. The number of nitrogens with zero attached hydrogens (tertiary/aromatic N) is 2. The number of rotatable bonds is 28. The van der Waals surface area contributed by atoms with Crippen molar-refractivity contribution in [2.24, 2.45) is 9.98 Å². The average molecular weight is 726 g/mol. The van der Waals surface area contributed by atoms with E-state index in [-0.39, 0.29) is 18.5 Å². The van der Waals surface area contributed by atoms with Crippen LogP contribution in [-0.2, 0) is 21.0 Å². The summed E-state index contributed by atoms with van der Waals surface area (Å²) in [5.74, 6) is 2.95. The second-order valence-corrected chi connectivity index (χ2v) is 19.9. The molecule has 0 heterocycles. The second-order valence-electron chi connectivity index (χ2n) is 5.68. The molecule has 0 saturated heterocycles. The molecule has 0 rings (SSSR count). The molecule has 0 fully saturated rings. The van der Waals surface area contributed by atoms with Crippen LogP contribution in [0.3, 0.4) is 0 Å². The predicted octanol–water partition coefficient (Wildman–Crippen LogP) is 6.33. The van der Waals surface area contributed by atoms with Gasteiger partial charge in [0.1, 0.15) is 6.61 Å². The van der Waals surface area contributed by atoms with Crippen molar-refractivity contribution in [3.63, 3.8) is 0 Å². The first-order chi connectivity index (χ1) is 18.2. The minimum atomic E-state index is -0.974. The number of carbonyl (C=O) groups excluding carboxylic acids is 1. The van der Waals surface area contributed by atoms with E-state index < -0.39 is 11.2 Å². The van der Waals surface area contributed by atoms with Gasteiger partial charge in [0.2, 0.25) is 11.9 Å². The van der Waals surface area contributed by atoms with Gasteiger partial charge in [0, 0.05) is 46.8 Å². The zero-order valence-electron chi connectivity index (χ0n) is 20.5. The Morgan fingerprint density at radius 3 is 2.22 bits per heavy atom. The van der Waals surface area contributed by atoms with Gasteiger partial charge in [-0.25, -0.2) is 9.98 Å². The Balaban J connectivity index is 3.26. The van der Waals surface area contributed by atoms with Crippen LogP contribution < -0.4 is 5.32 Å². The Kier molecular flexibility index (Phi) is 36.7. The number of hydrogen-bond acceptors (Lipinski definition) is 17. The van der Waals surface area contributed by atoms with Crippen molar-refractivity contribution < 1.29 is 24.2 Å². The number of hydrogen-bond donors (Lipinski definition) is 2. The Morgan fingerprint density at radius 1 is 0.892 bits per heavy atom. The van der Waals surface area contributed by atoms with Gasteiger partial charge in [0.05, 0.1) is 24.2 Å². The third-order valence-electron chi connectivity index (χ3n) is 2.88. The largest absolute Gasteiger partial charge is 0.610 e. The molecule has 0 aliphatic carbocycles. The van der Waals surface area contributed by atoms with Crippen molar-refractivity contribution in [1.82, 2.24) is 5.32 Å². The summed E-state index contributed by atoms with van der Waals surface area (Å²) < 4.78 is 11.7. The molecule has 0 aromatic carbocycles. The van der Waals surface area contributed by atoms with Gasteiger partial charge in [-0.1, -0.05) is 30.4 Å². The maximum Gasteiger partial charge on any atom is 0.280 e. The van der Waals surface area contributed by atoms with Gasteiger partial charge in [-0.05, 0) is 5.75 Å². The summed E-state index contributed by atoms with van der Waals surface area (Å²) in [6.07, 6.45) is 1.24. The maximum atomic E-state index is 11.9. The van der Waals surface area contributed by atoms with Crippen LogP contribution in [-0.4, -0.2) is 104 Å². The van der Waals surface area contributed by atoms with Gasteiger partial charge in [-0.3, -0.25) is 4.79 Å². The van der Waals surface area contributed by atoms with Gasteiger partial charge in [-0.15, -0.1) is 94.1 Å². The Labute approximate surface area is 267 Å². The normalized spacial score (nSPS) is 12.5. The van der Waals surface area contributed by atoms with Gasteiger partial charge in [-0.2, -0.15) is 4.89 Å². The molecule has 0 aliphatic rings. The molecule has 19 heteroatoms. The van der Waals surface area contributed by atoms with E-state index in [1.807, 2.05) is 47.0 Å². The molecule has 37 heavy (non-hydrogen) atoms. The molecular formula is C18H35N3O5S11. The summed E-state index contributed by atoms with van der Waals surface area (Å²) in [4.78, 5) is 29.2. The Bertz CT molecular complexity index is 559. The summed E-state index contributed by atoms with van der Waals surface area (Å²) in [5, 5.41) is 18.6. The molecule has 1 amide bonds. The van der Waals surface area contributed by atoms with Crippen LogP contribution in [0.2, 0.25) is 0 Å². The monoisotopic (exact) mass is 725 g/mol. The lowest BCUT2D eigenvalue weighted by Gasteiger charge is -2.06. The number of amides is 1.